The van der Waals surface area contributed by atoms with Crippen molar-refractivity contribution in [3.63, 3.8) is 0 Å². The molecule has 5 nitrogen and oxygen atoms in total. The van der Waals surface area contributed by atoms with Gasteiger partial charge in [0.15, 0.2) is 5.78 Å². The summed E-state index contributed by atoms with van der Waals surface area (Å²) in [4.78, 5) is 25.8. The molecule has 0 aromatic rings. The van der Waals surface area contributed by atoms with Crippen LogP contribution in [0.3, 0.4) is 0 Å². The van der Waals surface area contributed by atoms with Gasteiger partial charge in [-0.25, -0.2) is 0 Å². The maximum absolute atomic E-state index is 12.4. The first-order valence-electron chi connectivity index (χ1n) is 6.45. The van der Waals surface area contributed by atoms with E-state index < -0.39 is 11.6 Å². The molecular weight excluding hydrogens is 232 g/mol. The topological polar surface area (TPSA) is 72.6 Å². The SMILES string of the molecule is COC(=O)CN1CCCC(C)C1(C)C(=O)[C@H](C)N. The summed E-state index contributed by atoms with van der Waals surface area (Å²) >= 11 is 0. The van der Waals surface area contributed by atoms with Crippen LogP contribution in [-0.4, -0.2) is 48.4 Å². The number of methoxy groups -OCH3 is 1. The Morgan fingerprint density at radius 1 is 1.56 bits per heavy atom. The lowest BCUT2D eigenvalue weighted by molar-refractivity contribution is -0.149. The second kappa shape index (κ2) is 5.80. The summed E-state index contributed by atoms with van der Waals surface area (Å²) < 4.78 is 4.70. The number of nitrogens with two attached hydrogens (primary N) is 1. The van der Waals surface area contributed by atoms with E-state index >= 15 is 0 Å². The molecule has 1 heterocycles. The van der Waals surface area contributed by atoms with Gasteiger partial charge in [-0.2, -0.15) is 0 Å². The van der Waals surface area contributed by atoms with Gasteiger partial charge < -0.3 is 10.5 Å². The second-order valence-electron chi connectivity index (χ2n) is 5.34. The smallest absolute Gasteiger partial charge is 0.319 e. The van der Waals surface area contributed by atoms with Gasteiger partial charge in [0.1, 0.15) is 0 Å². The van der Waals surface area contributed by atoms with Crippen LogP contribution in [-0.2, 0) is 14.3 Å². The highest BCUT2D eigenvalue weighted by Crippen LogP contribution is 2.34. The minimum Gasteiger partial charge on any atom is -0.468 e. The molecule has 1 rings (SSSR count). The van der Waals surface area contributed by atoms with Crippen LogP contribution in [0.4, 0.5) is 0 Å². The van der Waals surface area contributed by atoms with E-state index in [4.69, 9.17) is 10.5 Å². The fourth-order valence-electron chi connectivity index (χ4n) is 2.74. The van der Waals surface area contributed by atoms with Crippen molar-refractivity contribution in [2.75, 3.05) is 20.2 Å². The van der Waals surface area contributed by atoms with Crippen LogP contribution in [0.1, 0.15) is 33.6 Å². The Labute approximate surface area is 109 Å². The van der Waals surface area contributed by atoms with Crippen molar-refractivity contribution in [3.8, 4) is 0 Å². The van der Waals surface area contributed by atoms with Gasteiger partial charge in [0.2, 0.25) is 0 Å². The quantitative estimate of drug-likeness (QED) is 0.744. The molecule has 1 fully saturated rings. The summed E-state index contributed by atoms with van der Waals surface area (Å²) in [5.74, 6) is -0.124. The molecule has 0 aliphatic carbocycles. The third-order valence-corrected chi connectivity index (χ3v) is 4.14. The number of hydrogen-bond acceptors (Lipinski definition) is 5. The first-order valence-corrected chi connectivity index (χ1v) is 6.45. The molecule has 1 saturated heterocycles. The van der Waals surface area contributed by atoms with Gasteiger partial charge in [-0.05, 0) is 39.2 Å². The molecule has 1 aliphatic rings. The molecule has 0 aromatic carbocycles. The van der Waals surface area contributed by atoms with Gasteiger partial charge >= 0.3 is 5.97 Å². The third kappa shape index (κ3) is 2.72. The summed E-state index contributed by atoms with van der Waals surface area (Å²) in [6.45, 7) is 6.52. The molecule has 0 bridgehead atoms. The zero-order chi connectivity index (χ0) is 13.9. The van der Waals surface area contributed by atoms with Crippen molar-refractivity contribution in [1.82, 2.24) is 4.90 Å². The number of carbonyl (C=O) groups is 2. The van der Waals surface area contributed by atoms with E-state index in [1.54, 1.807) is 6.92 Å². The Morgan fingerprint density at radius 2 is 2.17 bits per heavy atom. The summed E-state index contributed by atoms with van der Waals surface area (Å²) in [5.41, 5.74) is 5.08. The number of ether oxygens (including phenoxy) is 1. The first kappa shape index (κ1) is 15.1. The van der Waals surface area contributed by atoms with Crippen molar-refractivity contribution in [3.05, 3.63) is 0 Å². The third-order valence-electron chi connectivity index (χ3n) is 4.14. The number of carbonyl (C=O) groups excluding carboxylic acids is 2. The zero-order valence-electron chi connectivity index (χ0n) is 11.7. The van der Waals surface area contributed by atoms with E-state index in [1.165, 1.54) is 7.11 Å². The minimum absolute atomic E-state index is 0.00129. The summed E-state index contributed by atoms with van der Waals surface area (Å²) in [5, 5.41) is 0. The van der Waals surface area contributed by atoms with Crippen LogP contribution in [0.5, 0.6) is 0 Å². The van der Waals surface area contributed by atoms with E-state index in [9.17, 15) is 9.59 Å². The largest absolute Gasteiger partial charge is 0.468 e. The standard InChI is InChI=1S/C13H24N2O3/c1-9-6-5-7-15(8-11(16)18-4)13(9,3)12(17)10(2)14/h9-10H,5-8,14H2,1-4H3/t9?,10-,13?/m0/s1. The van der Waals surface area contributed by atoms with Gasteiger partial charge in [-0.3, -0.25) is 14.5 Å². The van der Waals surface area contributed by atoms with E-state index in [-0.39, 0.29) is 24.2 Å². The molecule has 0 spiro atoms. The van der Waals surface area contributed by atoms with Crippen molar-refractivity contribution < 1.29 is 14.3 Å². The predicted octanol–water partition coefficient (Wildman–Crippen LogP) is 0.566. The average Bonchev–Trinajstić information content (AvgIpc) is 2.33. The molecule has 0 saturated carbocycles. The highest BCUT2D eigenvalue weighted by Gasteiger charge is 2.47. The number of rotatable bonds is 4. The van der Waals surface area contributed by atoms with Gasteiger partial charge in [-0.15, -0.1) is 0 Å². The van der Waals surface area contributed by atoms with Crippen molar-refractivity contribution in [1.29, 1.82) is 0 Å². The molecule has 18 heavy (non-hydrogen) atoms. The molecule has 0 amide bonds. The van der Waals surface area contributed by atoms with Crippen LogP contribution in [0.25, 0.3) is 0 Å². The molecule has 0 aromatic heterocycles. The molecule has 0 radical (unpaired) electrons. The van der Waals surface area contributed by atoms with Gasteiger partial charge in [0.05, 0.1) is 25.2 Å². The summed E-state index contributed by atoms with van der Waals surface area (Å²) in [6.07, 6.45) is 1.96. The molecule has 5 heteroatoms. The number of likely N-dealkylation sites (tertiary alicyclic amines) is 1. The Morgan fingerprint density at radius 3 is 2.67 bits per heavy atom. The fourth-order valence-corrected chi connectivity index (χ4v) is 2.74. The Kier molecular flexibility index (Phi) is 4.87. The summed E-state index contributed by atoms with van der Waals surface area (Å²) in [7, 11) is 1.36. The number of ketones is 1. The van der Waals surface area contributed by atoms with E-state index in [1.807, 2.05) is 18.7 Å². The number of hydrogen-bond donors (Lipinski definition) is 1. The van der Waals surface area contributed by atoms with Crippen molar-refractivity contribution >= 4 is 11.8 Å². The number of Topliss-reactive ketones (excluding diaryl/α,β-unsaturated/α-hetero) is 1. The van der Waals surface area contributed by atoms with Crippen LogP contribution in [0.2, 0.25) is 0 Å². The van der Waals surface area contributed by atoms with Crippen LogP contribution >= 0.6 is 0 Å². The molecular formula is C13H24N2O3. The number of nitrogens with zero attached hydrogens (tertiary/aromatic N) is 1. The highest BCUT2D eigenvalue weighted by molar-refractivity contribution is 5.93. The van der Waals surface area contributed by atoms with Gasteiger partial charge in [0.25, 0.3) is 0 Å². The lowest BCUT2D eigenvalue weighted by Crippen LogP contribution is -2.63. The highest BCUT2D eigenvalue weighted by atomic mass is 16.5. The van der Waals surface area contributed by atoms with Crippen molar-refractivity contribution in [2.45, 2.75) is 45.2 Å². The maximum atomic E-state index is 12.4. The van der Waals surface area contributed by atoms with Gasteiger partial charge in [0, 0.05) is 0 Å². The van der Waals surface area contributed by atoms with Crippen LogP contribution < -0.4 is 5.73 Å². The Bertz CT molecular complexity index is 330. The zero-order valence-corrected chi connectivity index (χ0v) is 11.7. The minimum atomic E-state index is -0.666. The fraction of sp³-hybridized carbons (Fsp3) is 0.846. The normalized spacial score (nSPS) is 30.8. The average molecular weight is 256 g/mol. The number of piperidine rings is 1. The Balaban J connectivity index is 2.97. The maximum Gasteiger partial charge on any atom is 0.319 e. The first-order chi connectivity index (χ1) is 8.33. The van der Waals surface area contributed by atoms with E-state index in [0.29, 0.717) is 0 Å². The van der Waals surface area contributed by atoms with Gasteiger partial charge in [-0.1, -0.05) is 6.92 Å². The molecule has 2 N–H and O–H groups in total. The second-order valence-corrected chi connectivity index (χ2v) is 5.34. The lowest BCUT2D eigenvalue weighted by Gasteiger charge is -2.48. The summed E-state index contributed by atoms with van der Waals surface area (Å²) in [6, 6.07) is -0.518. The molecule has 1 aliphatic heterocycles. The van der Waals surface area contributed by atoms with E-state index in [0.717, 1.165) is 19.4 Å². The van der Waals surface area contributed by atoms with E-state index in [2.05, 4.69) is 0 Å². The van der Waals surface area contributed by atoms with Crippen LogP contribution in [0.15, 0.2) is 0 Å². The number of esters is 1. The van der Waals surface area contributed by atoms with Crippen molar-refractivity contribution in [2.24, 2.45) is 11.7 Å². The predicted molar refractivity (Wildman–Crippen MR) is 69.0 cm³/mol. The van der Waals surface area contributed by atoms with Crippen LogP contribution in [0, 0.1) is 5.92 Å². The monoisotopic (exact) mass is 256 g/mol. The molecule has 3 atom stereocenters. The lowest BCUT2D eigenvalue weighted by atomic mass is 9.74. The Hall–Kier alpha value is -0.940. The molecule has 104 valence electrons. The molecule has 2 unspecified atom stereocenters.